The van der Waals surface area contributed by atoms with Crippen molar-refractivity contribution in [2.45, 2.75) is 31.9 Å². The average molecular weight is 379 g/mol. The molecule has 0 bridgehead atoms. The maximum atomic E-state index is 13.2. The molecular formula is C20H18FN5O2. The van der Waals surface area contributed by atoms with Crippen molar-refractivity contribution in [1.29, 1.82) is 0 Å². The summed E-state index contributed by atoms with van der Waals surface area (Å²) in [7, 11) is 0. The van der Waals surface area contributed by atoms with Crippen LogP contribution in [0.1, 0.15) is 47.9 Å². The molecule has 0 aromatic carbocycles. The number of allylic oxidation sites excluding steroid dienone is 4. The number of hydrogen-bond acceptors (Lipinski definition) is 5. The summed E-state index contributed by atoms with van der Waals surface area (Å²) in [5.74, 6) is 0.388. The number of halogens is 1. The van der Waals surface area contributed by atoms with Gasteiger partial charge in [-0.2, -0.15) is 4.98 Å². The van der Waals surface area contributed by atoms with Crippen LogP contribution in [0.25, 0.3) is 11.2 Å². The van der Waals surface area contributed by atoms with E-state index in [-0.39, 0.29) is 17.7 Å². The van der Waals surface area contributed by atoms with Gasteiger partial charge < -0.3 is 9.84 Å². The molecule has 0 spiro atoms. The Morgan fingerprint density at radius 2 is 2.25 bits per heavy atom. The van der Waals surface area contributed by atoms with E-state index in [1.165, 1.54) is 0 Å². The number of amides is 1. The molecule has 1 fully saturated rings. The van der Waals surface area contributed by atoms with Gasteiger partial charge in [0, 0.05) is 17.5 Å². The highest BCUT2D eigenvalue weighted by Crippen LogP contribution is 2.43. The smallest absolute Gasteiger partial charge is 0.274 e. The molecule has 0 saturated heterocycles. The van der Waals surface area contributed by atoms with Gasteiger partial charge in [-0.1, -0.05) is 24.2 Å². The second kappa shape index (κ2) is 6.40. The van der Waals surface area contributed by atoms with Crippen LogP contribution in [-0.2, 0) is 0 Å². The SMILES string of the molecule is CC1CC=C(c2noc([C@@H]3C[C@@H]3F)n2)C=C1NC(=O)c1cnc2ccccn12. The molecule has 1 saturated carbocycles. The molecule has 3 aromatic heterocycles. The standard InChI is InChI=1S/C20H18FN5O2/c1-11-5-6-12(18-24-20(28-25-18)13-9-14(13)21)8-15(11)23-19(27)16-10-22-17-4-2-3-7-26(16)17/h2-4,6-8,10-11,13-14H,5,9H2,1H3,(H,23,27)/t11?,13-,14+/m1/s1. The lowest BCUT2D eigenvalue weighted by Gasteiger charge is -2.20. The predicted octanol–water partition coefficient (Wildman–Crippen LogP) is 3.28. The summed E-state index contributed by atoms with van der Waals surface area (Å²) >= 11 is 0. The first-order valence-corrected chi connectivity index (χ1v) is 9.23. The Labute approximate surface area is 160 Å². The molecule has 0 aliphatic heterocycles. The maximum absolute atomic E-state index is 13.2. The second-order valence-corrected chi connectivity index (χ2v) is 7.24. The van der Waals surface area contributed by atoms with E-state index in [0.717, 1.165) is 17.7 Å². The molecule has 2 aliphatic carbocycles. The maximum Gasteiger partial charge on any atom is 0.274 e. The van der Waals surface area contributed by atoms with Crippen LogP contribution in [0, 0.1) is 5.92 Å². The molecule has 3 heterocycles. The van der Waals surface area contributed by atoms with Crippen molar-refractivity contribution in [3.05, 3.63) is 65.9 Å². The zero-order valence-corrected chi connectivity index (χ0v) is 15.2. The lowest BCUT2D eigenvalue weighted by atomic mass is 9.94. The minimum absolute atomic E-state index is 0.136. The zero-order chi connectivity index (χ0) is 19.3. The van der Waals surface area contributed by atoms with Gasteiger partial charge in [0.1, 0.15) is 17.5 Å². The first-order valence-electron chi connectivity index (χ1n) is 9.23. The number of carbonyl (C=O) groups excluding carboxylic acids is 1. The van der Waals surface area contributed by atoms with Gasteiger partial charge in [-0.3, -0.25) is 9.20 Å². The Kier molecular flexibility index (Phi) is 3.85. The van der Waals surface area contributed by atoms with Gasteiger partial charge in [0.2, 0.25) is 11.7 Å². The summed E-state index contributed by atoms with van der Waals surface area (Å²) in [6.07, 6.45) is 7.50. The van der Waals surface area contributed by atoms with Gasteiger partial charge in [-0.25, -0.2) is 9.37 Å². The summed E-state index contributed by atoms with van der Waals surface area (Å²) in [6.45, 7) is 2.04. The third-order valence-electron chi connectivity index (χ3n) is 5.17. The van der Waals surface area contributed by atoms with Gasteiger partial charge >= 0.3 is 0 Å². The largest absolute Gasteiger partial charge is 0.339 e. The normalized spacial score (nSPS) is 24.0. The van der Waals surface area contributed by atoms with E-state index in [1.807, 2.05) is 37.3 Å². The lowest BCUT2D eigenvalue weighted by Crippen LogP contribution is -2.28. The van der Waals surface area contributed by atoms with Crippen LogP contribution < -0.4 is 5.32 Å². The van der Waals surface area contributed by atoms with E-state index >= 15 is 0 Å². The molecule has 3 aromatic rings. The Hall–Kier alpha value is -3.29. The van der Waals surface area contributed by atoms with Gasteiger partial charge in [0.25, 0.3) is 5.91 Å². The molecule has 1 N–H and O–H groups in total. The zero-order valence-electron chi connectivity index (χ0n) is 15.2. The lowest BCUT2D eigenvalue weighted by molar-refractivity contribution is 0.0956. The van der Waals surface area contributed by atoms with Crippen molar-refractivity contribution in [2.75, 3.05) is 0 Å². The molecular weight excluding hydrogens is 361 g/mol. The molecule has 8 heteroatoms. The van der Waals surface area contributed by atoms with Crippen LogP contribution in [0.4, 0.5) is 4.39 Å². The molecule has 7 nitrogen and oxygen atoms in total. The molecule has 0 radical (unpaired) electrons. The Balaban J connectivity index is 1.38. The van der Waals surface area contributed by atoms with E-state index in [4.69, 9.17) is 4.52 Å². The fourth-order valence-corrected chi connectivity index (χ4v) is 3.33. The first-order chi connectivity index (χ1) is 13.6. The Morgan fingerprint density at radius 1 is 1.39 bits per heavy atom. The fraction of sp³-hybridized carbons (Fsp3) is 0.300. The third-order valence-corrected chi connectivity index (χ3v) is 5.17. The van der Waals surface area contributed by atoms with Crippen molar-refractivity contribution in [1.82, 2.24) is 24.8 Å². The molecule has 1 amide bonds. The number of alkyl halides is 1. The van der Waals surface area contributed by atoms with E-state index in [1.54, 1.807) is 16.8 Å². The average Bonchev–Trinajstić information content (AvgIpc) is 3.12. The van der Waals surface area contributed by atoms with E-state index in [9.17, 15) is 9.18 Å². The van der Waals surface area contributed by atoms with E-state index in [0.29, 0.717) is 29.5 Å². The van der Waals surface area contributed by atoms with Crippen molar-refractivity contribution in [3.8, 4) is 0 Å². The molecule has 5 rings (SSSR count). The van der Waals surface area contributed by atoms with Crippen LogP contribution in [0.2, 0.25) is 0 Å². The highest BCUT2D eigenvalue weighted by atomic mass is 19.1. The highest BCUT2D eigenvalue weighted by Gasteiger charge is 2.43. The summed E-state index contributed by atoms with van der Waals surface area (Å²) < 4.78 is 20.1. The third kappa shape index (κ3) is 2.90. The van der Waals surface area contributed by atoms with Crippen molar-refractivity contribution in [2.24, 2.45) is 5.92 Å². The number of nitrogens with zero attached hydrogens (tertiary/aromatic N) is 4. The Morgan fingerprint density at radius 3 is 3.07 bits per heavy atom. The van der Waals surface area contributed by atoms with Crippen LogP contribution in [0.5, 0.6) is 0 Å². The van der Waals surface area contributed by atoms with Crippen molar-refractivity contribution >= 4 is 17.1 Å². The van der Waals surface area contributed by atoms with Gasteiger partial charge in [0.15, 0.2) is 0 Å². The molecule has 3 atom stereocenters. The molecule has 2 aliphatic rings. The van der Waals surface area contributed by atoms with Crippen LogP contribution in [0.3, 0.4) is 0 Å². The number of fused-ring (bicyclic) bond motifs is 1. The summed E-state index contributed by atoms with van der Waals surface area (Å²) in [5.41, 5.74) is 2.71. The van der Waals surface area contributed by atoms with Crippen LogP contribution in [0.15, 0.2) is 53.0 Å². The number of rotatable bonds is 4. The monoisotopic (exact) mass is 379 g/mol. The number of imidazole rings is 1. The minimum Gasteiger partial charge on any atom is -0.339 e. The summed E-state index contributed by atoms with van der Waals surface area (Å²) in [4.78, 5) is 21.4. The van der Waals surface area contributed by atoms with Gasteiger partial charge in [-0.05, 0) is 37.0 Å². The number of carbonyl (C=O) groups is 1. The Bertz CT molecular complexity index is 1130. The number of aromatic nitrogens is 4. The first kappa shape index (κ1) is 16.9. The van der Waals surface area contributed by atoms with Crippen molar-refractivity contribution in [3.63, 3.8) is 0 Å². The number of nitrogens with one attached hydrogen (secondary N) is 1. The topological polar surface area (TPSA) is 85.3 Å². The van der Waals surface area contributed by atoms with Crippen LogP contribution >= 0.6 is 0 Å². The van der Waals surface area contributed by atoms with Gasteiger partial charge in [0.05, 0.1) is 12.1 Å². The highest BCUT2D eigenvalue weighted by molar-refractivity contribution is 5.94. The predicted molar refractivity (Wildman–Crippen MR) is 99.1 cm³/mol. The molecule has 28 heavy (non-hydrogen) atoms. The number of pyridine rings is 1. The van der Waals surface area contributed by atoms with E-state index in [2.05, 4.69) is 20.4 Å². The molecule has 142 valence electrons. The summed E-state index contributed by atoms with van der Waals surface area (Å²) in [5, 5.41) is 6.96. The van der Waals surface area contributed by atoms with E-state index < -0.39 is 6.17 Å². The second-order valence-electron chi connectivity index (χ2n) is 7.24. The molecule has 1 unspecified atom stereocenters. The quantitative estimate of drug-likeness (QED) is 0.752. The van der Waals surface area contributed by atoms with Gasteiger partial charge in [-0.15, -0.1) is 0 Å². The summed E-state index contributed by atoms with van der Waals surface area (Å²) in [6, 6.07) is 5.57. The minimum atomic E-state index is -0.885. The number of hydrogen-bond donors (Lipinski definition) is 1. The van der Waals surface area contributed by atoms with Crippen molar-refractivity contribution < 1.29 is 13.7 Å². The fourth-order valence-electron chi connectivity index (χ4n) is 3.33. The van der Waals surface area contributed by atoms with Crippen LogP contribution in [-0.4, -0.2) is 31.6 Å².